The third-order valence-electron chi connectivity index (χ3n) is 6.43. The van der Waals surface area contributed by atoms with Gasteiger partial charge >= 0.3 is 0 Å². The van der Waals surface area contributed by atoms with Gasteiger partial charge in [0.1, 0.15) is 19.0 Å². The molecule has 1 atom stereocenters. The van der Waals surface area contributed by atoms with Crippen molar-refractivity contribution < 1.29 is 24.2 Å². The molecule has 3 aromatic rings. The fourth-order valence-electron chi connectivity index (χ4n) is 4.58. The number of rotatable bonds is 7. The molecular weight excluding hydrogens is 446 g/mol. The lowest BCUT2D eigenvalue weighted by atomic mass is 9.94. The van der Waals surface area contributed by atoms with Crippen molar-refractivity contribution in [3.63, 3.8) is 0 Å². The number of imidazole rings is 1. The van der Waals surface area contributed by atoms with Gasteiger partial charge in [-0.1, -0.05) is 31.2 Å². The topological polar surface area (TPSA) is 93.9 Å². The molecular formula is C27H27N3O5. The van der Waals surface area contributed by atoms with E-state index < -0.39 is 17.7 Å². The first-order valence-corrected chi connectivity index (χ1v) is 11.8. The standard InChI is InChI=1S/C27H27N3O5/c1-2-18-4-6-19(7-5-18)24-23(25(31)20-8-9-21-22(16-20)35-15-14-34-21)26(32)27(33)30(24)12-3-11-29-13-10-28-17-29/h4-10,13,16-17,24,31H,2-3,11-12,14-15H2,1H3/t24-/m1/s1. The number of amides is 1. The highest BCUT2D eigenvalue weighted by atomic mass is 16.6. The molecule has 0 saturated carbocycles. The zero-order chi connectivity index (χ0) is 24.4. The Labute approximate surface area is 203 Å². The predicted molar refractivity (Wildman–Crippen MR) is 129 cm³/mol. The van der Waals surface area contributed by atoms with Gasteiger partial charge in [-0.15, -0.1) is 0 Å². The van der Waals surface area contributed by atoms with Crippen LogP contribution in [0.3, 0.4) is 0 Å². The van der Waals surface area contributed by atoms with Crippen LogP contribution >= 0.6 is 0 Å². The van der Waals surface area contributed by atoms with Crippen LogP contribution in [0.15, 0.2) is 66.8 Å². The number of likely N-dealkylation sites (tertiary alicyclic amines) is 1. The summed E-state index contributed by atoms with van der Waals surface area (Å²) < 4.78 is 13.1. The molecule has 1 fully saturated rings. The first kappa shape index (κ1) is 22.7. The largest absolute Gasteiger partial charge is 0.507 e. The number of Topliss-reactive ketones (excluding diaryl/α,β-unsaturated/α-hetero) is 1. The Balaban J connectivity index is 1.53. The summed E-state index contributed by atoms with van der Waals surface area (Å²) in [6, 6.07) is 12.2. The van der Waals surface area contributed by atoms with Crippen molar-refractivity contribution in [2.75, 3.05) is 19.8 Å². The summed E-state index contributed by atoms with van der Waals surface area (Å²) in [5.74, 6) is -0.441. The number of fused-ring (bicyclic) bond motifs is 1. The smallest absolute Gasteiger partial charge is 0.295 e. The van der Waals surface area contributed by atoms with Gasteiger partial charge in [0.2, 0.25) is 0 Å². The van der Waals surface area contributed by atoms with Crippen LogP contribution in [0.4, 0.5) is 0 Å². The first-order valence-electron chi connectivity index (χ1n) is 11.8. The number of ether oxygens (including phenoxy) is 2. The molecule has 2 aromatic carbocycles. The molecule has 35 heavy (non-hydrogen) atoms. The van der Waals surface area contributed by atoms with Crippen LogP contribution < -0.4 is 9.47 Å². The van der Waals surface area contributed by atoms with E-state index in [2.05, 4.69) is 11.9 Å². The van der Waals surface area contributed by atoms with E-state index >= 15 is 0 Å². The zero-order valence-corrected chi connectivity index (χ0v) is 19.5. The molecule has 1 N–H and O–H groups in total. The van der Waals surface area contributed by atoms with Gasteiger partial charge in [0, 0.05) is 31.0 Å². The number of carbonyl (C=O) groups is 2. The first-order chi connectivity index (χ1) is 17.1. The molecule has 0 unspecified atom stereocenters. The molecule has 8 heteroatoms. The third kappa shape index (κ3) is 4.39. The molecule has 180 valence electrons. The van der Waals surface area contributed by atoms with Gasteiger partial charge in [-0.2, -0.15) is 0 Å². The third-order valence-corrected chi connectivity index (χ3v) is 6.43. The number of aliphatic hydroxyl groups excluding tert-OH is 1. The maximum atomic E-state index is 13.2. The van der Waals surface area contributed by atoms with Crippen molar-refractivity contribution in [3.8, 4) is 11.5 Å². The summed E-state index contributed by atoms with van der Waals surface area (Å²) in [6.45, 7) is 3.95. The van der Waals surface area contributed by atoms with Crippen LogP contribution in [0.5, 0.6) is 11.5 Å². The molecule has 1 saturated heterocycles. The maximum Gasteiger partial charge on any atom is 0.295 e. The number of aryl methyl sites for hydroxylation is 2. The van der Waals surface area contributed by atoms with Crippen LogP contribution in [0.25, 0.3) is 5.76 Å². The van der Waals surface area contributed by atoms with Crippen molar-refractivity contribution in [1.29, 1.82) is 0 Å². The molecule has 0 spiro atoms. The Bertz CT molecular complexity index is 1260. The van der Waals surface area contributed by atoms with Crippen molar-refractivity contribution in [2.45, 2.75) is 32.4 Å². The van der Waals surface area contributed by atoms with Crippen molar-refractivity contribution >= 4 is 17.4 Å². The predicted octanol–water partition coefficient (Wildman–Crippen LogP) is 3.73. The van der Waals surface area contributed by atoms with E-state index in [0.29, 0.717) is 49.8 Å². The van der Waals surface area contributed by atoms with E-state index in [0.717, 1.165) is 17.5 Å². The number of hydrogen-bond acceptors (Lipinski definition) is 6. The monoisotopic (exact) mass is 473 g/mol. The summed E-state index contributed by atoms with van der Waals surface area (Å²) in [5.41, 5.74) is 2.42. The highest BCUT2D eigenvalue weighted by Gasteiger charge is 2.45. The average molecular weight is 474 g/mol. The summed E-state index contributed by atoms with van der Waals surface area (Å²) in [4.78, 5) is 32.0. The highest BCUT2D eigenvalue weighted by molar-refractivity contribution is 6.46. The second kappa shape index (κ2) is 9.66. The summed E-state index contributed by atoms with van der Waals surface area (Å²) in [6.07, 6.45) is 6.79. The van der Waals surface area contributed by atoms with Crippen molar-refractivity contribution in [1.82, 2.24) is 14.5 Å². The lowest BCUT2D eigenvalue weighted by molar-refractivity contribution is -0.139. The van der Waals surface area contributed by atoms with Gasteiger partial charge in [-0.25, -0.2) is 4.98 Å². The number of benzene rings is 2. The van der Waals surface area contributed by atoms with Gasteiger partial charge in [0.15, 0.2) is 11.5 Å². The van der Waals surface area contributed by atoms with Gasteiger partial charge in [-0.05, 0) is 42.2 Å². The molecule has 0 bridgehead atoms. The van der Waals surface area contributed by atoms with Crippen molar-refractivity contribution in [3.05, 3.63) is 83.4 Å². The van der Waals surface area contributed by atoms with E-state index in [1.165, 1.54) is 0 Å². The number of aromatic nitrogens is 2. The minimum Gasteiger partial charge on any atom is -0.507 e. The van der Waals surface area contributed by atoms with Gasteiger partial charge < -0.3 is 24.0 Å². The second-order valence-corrected chi connectivity index (χ2v) is 8.60. The molecule has 5 rings (SSSR count). The van der Waals surface area contributed by atoms with Crippen molar-refractivity contribution in [2.24, 2.45) is 0 Å². The van der Waals surface area contributed by atoms with Gasteiger partial charge in [-0.3, -0.25) is 9.59 Å². The fourth-order valence-corrected chi connectivity index (χ4v) is 4.58. The molecule has 2 aliphatic rings. The lowest BCUT2D eigenvalue weighted by Gasteiger charge is -2.26. The Morgan fingerprint density at radius 2 is 1.83 bits per heavy atom. The van der Waals surface area contributed by atoms with Gasteiger partial charge in [0.05, 0.1) is 17.9 Å². The van der Waals surface area contributed by atoms with E-state index in [1.54, 1.807) is 35.6 Å². The number of hydrogen-bond donors (Lipinski definition) is 1. The average Bonchev–Trinajstić information content (AvgIpc) is 3.50. The van der Waals surface area contributed by atoms with Crippen LogP contribution in [0.2, 0.25) is 0 Å². The summed E-state index contributed by atoms with van der Waals surface area (Å²) in [7, 11) is 0. The minimum atomic E-state index is -0.690. The SMILES string of the molecule is CCc1ccc([C@@H]2C(=C(O)c3ccc4c(c3)OCCO4)C(=O)C(=O)N2CCCn2ccnc2)cc1. The Morgan fingerprint density at radius 1 is 1.06 bits per heavy atom. The van der Waals surface area contributed by atoms with E-state index in [4.69, 9.17) is 9.47 Å². The van der Waals surface area contributed by atoms with Gasteiger partial charge in [0.25, 0.3) is 11.7 Å². The Hall–Kier alpha value is -4.07. The van der Waals surface area contributed by atoms with E-state index in [1.807, 2.05) is 35.0 Å². The number of carbonyl (C=O) groups excluding carboxylic acids is 2. The Kier molecular flexibility index (Phi) is 6.27. The summed E-state index contributed by atoms with van der Waals surface area (Å²) in [5, 5.41) is 11.3. The zero-order valence-electron chi connectivity index (χ0n) is 19.5. The molecule has 1 amide bonds. The molecule has 0 aliphatic carbocycles. The van der Waals surface area contributed by atoms with Crippen LogP contribution in [0, 0.1) is 0 Å². The minimum absolute atomic E-state index is 0.0820. The molecule has 3 heterocycles. The van der Waals surface area contributed by atoms with E-state index in [-0.39, 0.29) is 11.3 Å². The fraction of sp³-hybridized carbons (Fsp3) is 0.296. The van der Waals surface area contributed by atoms with E-state index in [9.17, 15) is 14.7 Å². The summed E-state index contributed by atoms with van der Waals surface area (Å²) >= 11 is 0. The highest BCUT2D eigenvalue weighted by Crippen LogP contribution is 2.41. The second-order valence-electron chi connectivity index (χ2n) is 8.60. The normalized spacial score (nSPS) is 18.8. The van der Waals surface area contributed by atoms with Crippen LogP contribution in [-0.4, -0.2) is 51.0 Å². The Morgan fingerprint density at radius 3 is 2.54 bits per heavy atom. The molecule has 0 radical (unpaired) electrons. The molecule has 2 aliphatic heterocycles. The lowest BCUT2D eigenvalue weighted by Crippen LogP contribution is -2.31. The quantitative estimate of drug-likeness (QED) is 0.319. The number of ketones is 1. The molecule has 8 nitrogen and oxygen atoms in total. The maximum absolute atomic E-state index is 13.2. The number of nitrogens with zero attached hydrogens (tertiary/aromatic N) is 3. The number of aliphatic hydroxyl groups is 1. The molecule has 1 aromatic heterocycles. The van der Waals surface area contributed by atoms with Crippen LogP contribution in [-0.2, 0) is 22.6 Å². The van der Waals surface area contributed by atoms with Crippen LogP contribution in [0.1, 0.15) is 36.1 Å².